The Hall–Kier alpha value is -2.34. The van der Waals surface area contributed by atoms with E-state index in [0.717, 1.165) is 12.1 Å². The first-order valence-corrected chi connectivity index (χ1v) is 6.27. The van der Waals surface area contributed by atoms with Gasteiger partial charge in [0.05, 0.1) is 19.8 Å². The fourth-order valence-electron chi connectivity index (χ4n) is 2.46. The molecule has 0 fully saturated rings. The van der Waals surface area contributed by atoms with Crippen LogP contribution < -0.4 is 0 Å². The molecule has 0 saturated heterocycles. The van der Waals surface area contributed by atoms with Gasteiger partial charge in [-0.05, 0) is 6.08 Å². The van der Waals surface area contributed by atoms with Crippen LogP contribution in [0.15, 0.2) is 35.8 Å². The highest BCUT2D eigenvalue weighted by Gasteiger charge is 2.40. The van der Waals surface area contributed by atoms with Gasteiger partial charge < -0.3 is 29.5 Å². The van der Waals surface area contributed by atoms with E-state index in [4.69, 9.17) is 14.2 Å². The zero-order valence-corrected chi connectivity index (χ0v) is 12.1. The average molecular weight is 294 g/mol. The van der Waals surface area contributed by atoms with E-state index in [0.29, 0.717) is 11.5 Å². The topological polar surface area (TPSA) is 88.4 Å². The molecule has 1 aromatic rings. The van der Waals surface area contributed by atoms with E-state index >= 15 is 0 Å². The lowest BCUT2D eigenvalue weighted by Crippen LogP contribution is -2.30. The second-order valence-electron chi connectivity index (χ2n) is 4.70. The summed E-state index contributed by atoms with van der Waals surface area (Å²) >= 11 is 0. The lowest BCUT2D eigenvalue weighted by molar-refractivity contribution is 0.00845. The summed E-state index contributed by atoms with van der Waals surface area (Å²) in [6, 6.07) is 2.28. The number of hydrogen-bond acceptors (Lipinski definition) is 6. The maximum atomic E-state index is 10.1. The molecule has 1 aliphatic carbocycles. The minimum absolute atomic E-state index is 0.139. The van der Waals surface area contributed by atoms with Crippen LogP contribution in [-0.4, -0.2) is 36.6 Å². The Morgan fingerprint density at radius 2 is 1.62 bits per heavy atom. The summed E-state index contributed by atoms with van der Waals surface area (Å²) in [7, 11) is 4.47. The van der Waals surface area contributed by atoms with Gasteiger partial charge in [-0.3, -0.25) is 0 Å². The van der Waals surface area contributed by atoms with Gasteiger partial charge in [0.1, 0.15) is 34.4 Å². The molecule has 0 amide bonds. The summed E-state index contributed by atoms with van der Waals surface area (Å²) in [5.74, 6) is 0.251. The van der Waals surface area contributed by atoms with Crippen molar-refractivity contribution in [3.8, 4) is 17.2 Å². The molecular formula is C15H18O6. The van der Waals surface area contributed by atoms with Crippen LogP contribution in [0.25, 0.3) is 0 Å². The van der Waals surface area contributed by atoms with Gasteiger partial charge in [0.15, 0.2) is 0 Å². The molecule has 3 N–H and O–H groups in total. The molecule has 0 heterocycles. The molecule has 2 rings (SSSR count). The number of phenolic OH excluding ortho intramolecular Hbond substituents is 3. The maximum Gasteiger partial charge on any atom is 0.129 e. The van der Waals surface area contributed by atoms with E-state index < -0.39 is 5.60 Å². The van der Waals surface area contributed by atoms with Crippen molar-refractivity contribution in [3.05, 3.63) is 41.4 Å². The molecule has 1 aromatic carbocycles. The third-order valence-corrected chi connectivity index (χ3v) is 3.48. The van der Waals surface area contributed by atoms with Crippen LogP contribution in [-0.2, 0) is 19.8 Å². The highest BCUT2D eigenvalue weighted by atomic mass is 16.5. The summed E-state index contributed by atoms with van der Waals surface area (Å²) in [4.78, 5) is 0. The minimum Gasteiger partial charge on any atom is -0.508 e. The largest absolute Gasteiger partial charge is 0.508 e. The van der Waals surface area contributed by atoms with Crippen molar-refractivity contribution < 1.29 is 29.5 Å². The standard InChI is InChI=1S/C15H18O6/c1-19-10-6-11(20-2)8-15(7-10,21-3)14-12(17)4-9(16)5-13(14)18/h4-7,16-18H,8H2,1-3H3. The van der Waals surface area contributed by atoms with Crippen molar-refractivity contribution in [2.24, 2.45) is 0 Å². The molecular weight excluding hydrogens is 276 g/mol. The van der Waals surface area contributed by atoms with Crippen LogP contribution in [0.4, 0.5) is 0 Å². The van der Waals surface area contributed by atoms with E-state index in [-0.39, 0.29) is 29.2 Å². The molecule has 1 unspecified atom stereocenters. The summed E-state index contributed by atoms with van der Waals surface area (Å²) in [6.07, 6.45) is 3.60. The van der Waals surface area contributed by atoms with Gasteiger partial charge in [-0.1, -0.05) is 0 Å². The molecule has 1 atom stereocenters. The highest BCUT2D eigenvalue weighted by Crippen LogP contribution is 2.47. The monoisotopic (exact) mass is 294 g/mol. The Kier molecular flexibility index (Phi) is 3.99. The van der Waals surface area contributed by atoms with Gasteiger partial charge in [-0.2, -0.15) is 0 Å². The zero-order chi connectivity index (χ0) is 15.6. The van der Waals surface area contributed by atoms with Crippen molar-refractivity contribution >= 4 is 0 Å². The zero-order valence-electron chi connectivity index (χ0n) is 12.1. The predicted octanol–water partition coefficient (Wildman–Crippen LogP) is 2.11. The number of methoxy groups -OCH3 is 3. The normalized spacial score (nSPS) is 21.5. The first-order valence-electron chi connectivity index (χ1n) is 6.27. The van der Waals surface area contributed by atoms with Crippen molar-refractivity contribution in [2.75, 3.05) is 21.3 Å². The van der Waals surface area contributed by atoms with E-state index in [9.17, 15) is 15.3 Å². The lowest BCUT2D eigenvalue weighted by Gasteiger charge is -2.34. The summed E-state index contributed by atoms with van der Waals surface area (Å²) < 4.78 is 16.0. The molecule has 114 valence electrons. The second kappa shape index (κ2) is 5.57. The van der Waals surface area contributed by atoms with E-state index in [1.165, 1.54) is 21.3 Å². The smallest absolute Gasteiger partial charge is 0.129 e. The van der Waals surface area contributed by atoms with Crippen LogP contribution in [0.5, 0.6) is 17.2 Å². The van der Waals surface area contributed by atoms with Gasteiger partial charge in [-0.15, -0.1) is 0 Å². The molecule has 0 bridgehead atoms. The molecule has 0 spiro atoms. The Bertz CT molecular complexity index is 581. The number of allylic oxidation sites excluding steroid dienone is 1. The van der Waals surface area contributed by atoms with E-state index in [2.05, 4.69) is 0 Å². The number of benzene rings is 1. The fourth-order valence-corrected chi connectivity index (χ4v) is 2.46. The molecule has 6 nitrogen and oxygen atoms in total. The first-order chi connectivity index (χ1) is 9.95. The summed E-state index contributed by atoms with van der Waals surface area (Å²) in [6.45, 7) is 0. The van der Waals surface area contributed by atoms with Crippen LogP contribution in [0.1, 0.15) is 12.0 Å². The quantitative estimate of drug-likeness (QED) is 0.788. The number of ether oxygens (including phenoxy) is 3. The summed E-state index contributed by atoms with van der Waals surface area (Å²) in [5.41, 5.74) is -1.02. The SMILES string of the molecule is COC1=CC(OC)(c2c(O)cc(O)cc2O)CC(OC)=C1. The fraction of sp³-hybridized carbons (Fsp3) is 0.333. The van der Waals surface area contributed by atoms with Crippen LogP contribution in [0.3, 0.4) is 0 Å². The molecule has 21 heavy (non-hydrogen) atoms. The van der Waals surface area contributed by atoms with Crippen molar-refractivity contribution in [1.82, 2.24) is 0 Å². The van der Waals surface area contributed by atoms with Crippen LogP contribution >= 0.6 is 0 Å². The van der Waals surface area contributed by atoms with Gasteiger partial charge in [0.2, 0.25) is 0 Å². The molecule has 6 heteroatoms. The highest BCUT2D eigenvalue weighted by molar-refractivity contribution is 5.55. The maximum absolute atomic E-state index is 10.1. The number of hydrogen-bond donors (Lipinski definition) is 3. The average Bonchev–Trinajstić information content (AvgIpc) is 2.45. The number of phenols is 3. The van der Waals surface area contributed by atoms with Gasteiger partial charge in [0.25, 0.3) is 0 Å². The Labute approximate surface area is 122 Å². The predicted molar refractivity (Wildman–Crippen MR) is 74.9 cm³/mol. The van der Waals surface area contributed by atoms with Crippen molar-refractivity contribution in [2.45, 2.75) is 12.0 Å². The Morgan fingerprint density at radius 3 is 2.10 bits per heavy atom. The van der Waals surface area contributed by atoms with Gasteiger partial charge in [-0.25, -0.2) is 0 Å². The second-order valence-corrected chi connectivity index (χ2v) is 4.70. The third-order valence-electron chi connectivity index (χ3n) is 3.48. The number of rotatable bonds is 4. The molecule has 1 aliphatic rings. The molecule has 0 aliphatic heterocycles. The Morgan fingerprint density at radius 1 is 1.00 bits per heavy atom. The summed E-state index contributed by atoms with van der Waals surface area (Å²) in [5, 5.41) is 29.6. The first kappa shape index (κ1) is 15.1. The molecule has 0 aromatic heterocycles. The van der Waals surface area contributed by atoms with E-state index in [1.807, 2.05) is 0 Å². The van der Waals surface area contributed by atoms with Crippen molar-refractivity contribution in [3.63, 3.8) is 0 Å². The van der Waals surface area contributed by atoms with Crippen LogP contribution in [0, 0.1) is 0 Å². The lowest BCUT2D eigenvalue weighted by atomic mass is 9.84. The van der Waals surface area contributed by atoms with Gasteiger partial charge in [0, 0.05) is 31.7 Å². The number of aromatic hydroxyl groups is 3. The third kappa shape index (κ3) is 2.62. The van der Waals surface area contributed by atoms with Gasteiger partial charge >= 0.3 is 0 Å². The van der Waals surface area contributed by atoms with Crippen molar-refractivity contribution in [1.29, 1.82) is 0 Å². The van der Waals surface area contributed by atoms with E-state index in [1.54, 1.807) is 12.2 Å². The minimum atomic E-state index is -1.16. The molecule has 0 radical (unpaired) electrons. The molecule has 0 saturated carbocycles. The van der Waals surface area contributed by atoms with Crippen LogP contribution in [0.2, 0.25) is 0 Å². The Balaban J connectivity index is 2.63.